The van der Waals surface area contributed by atoms with Crippen molar-refractivity contribution in [3.8, 4) is 5.75 Å². The van der Waals surface area contributed by atoms with E-state index in [1.54, 1.807) is 24.3 Å². The summed E-state index contributed by atoms with van der Waals surface area (Å²) < 4.78 is 28.3. The van der Waals surface area contributed by atoms with Gasteiger partial charge >= 0.3 is 0 Å². The summed E-state index contributed by atoms with van der Waals surface area (Å²) in [4.78, 5) is 15.0. The second kappa shape index (κ2) is 9.55. The molecule has 0 radical (unpaired) electrons. The molecule has 4 aromatic rings. The molecule has 0 fully saturated rings. The average molecular weight is 460 g/mol. The van der Waals surface area contributed by atoms with Crippen LogP contribution >= 0.6 is 11.8 Å². The van der Waals surface area contributed by atoms with E-state index >= 15 is 0 Å². The average Bonchev–Trinajstić information content (AvgIpc) is 3.31. The summed E-state index contributed by atoms with van der Waals surface area (Å²) in [5.41, 5.74) is 0.273. The van der Waals surface area contributed by atoms with Crippen molar-refractivity contribution in [2.24, 2.45) is 5.18 Å². The van der Waals surface area contributed by atoms with Gasteiger partial charge in [-0.15, -0.1) is 4.91 Å². The van der Waals surface area contributed by atoms with Crippen LogP contribution in [0.2, 0.25) is 0 Å². The Kier molecular flexibility index (Phi) is 6.84. The van der Waals surface area contributed by atoms with Crippen LogP contribution in [0.3, 0.4) is 0 Å². The molecule has 12 heteroatoms. The first-order chi connectivity index (χ1) is 15.0. The zero-order valence-corrected chi connectivity index (χ0v) is 17.7. The number of hydrogen-bond donors (Lipinski definition) is 4. The lowest BCUT2D eigenvalue weighted by molar-refractivity contribution is 0.399. The molecule has 0 aliphatic heterocycles. The molecule has 1 heterocycles. The molecule has 0 unspecified atom stereocenters. The Morgan fingerprint density at radius 1 is 1.06 bits per heavy atom. The van der Waals surface area contributed by atoms with Crippen LogP contribution < -0.4 is 4.72 Å². The smallest absolute Gasteiger partial charge is 0.261 e. The quantitative estimate of drug-likeness (QED) is 0.251. The number of aliphatic hydroxyl groups is 1. The summed E-state index contributed by atoms with van der Waals surface area (Å²) in [7, 11) is -3.00. The molecule has 4 N–H and O–H groups in total. The molecule has 0 aliphatic rings. The number of H-pyrrole nitrogens is 1. The molecule has 31 heavy (non-hydrogen) atoms. The highest BCUT2D eigenvalue weighted by molar-refractivity contribution is 7.99. The number of aromatic hydroxyl groups is 1. The van der Waals surface area contributed by atoms with Crippen molar-refractivity contribution in [1.82, 2.24) is 15.2 Å². The highest BCUT2D eigenvalue weighted by atomic mass is 32.2. The number of fused-ring (bicyclic) bond motifs is 1. The number of phenols is 1. The van der Waals surface area contributed by atoms with Crippen molar-refractivity contribution < 1.29 is 18.6 Å². The van der Waals surface area contributed by atoms with Gasteiger partial charge in [0.1, 0.15) is 17.8 Å². The topological polar surface area (TPSA) is 158 Å². The van der Waals surface area contributed by atoms with Crippen molar-refractivity contribution >= 4 is 43.9 Å². The maximum Gasteiger partial charge on any atom is 0.261 e. The Balaban J connectivity index is 0.00000132. The van der Waals surface area contributed by atoms with E-state index in [0.29, 0.717) is 20.8 Å². The fourth-order valence-corrected chi connectivity index (χ4v) is 4.66. The number of phenolic OH excluding ortho intramolecular Hbond substituents is 1. The number of aromatic amines is 1. The molecular formula is C19H17N5O5S2. The van der Waals surface area contributed by atoms with Crippen molar-refractivity contribution in [1.29, 1.82) is 0 Å². The minimum atomic E-state index is -4.00. The van der Waals surface area contributed by atoms with E-state index in [4.69, 9.17) is 5.11 Å². The minimum absolute atomic E-state index is 0.00268. The SMILES string of the molecule is CO.O=Nc1cccc(S(=O)(=O)Nc2cc(Sc3ncn[nH]3)c(O)c3ccccc23)c1. The van der Waals surface area contributed by atoms with E-state index in [9.17, 15) is 18.4 Å². The number of nitrogens with zero attached hydrogens (tertiary/aromatic N) is 3. The zero-order valence-electron chi connectivity index (χ0n) is 16.1. The summed E-state index contributed by atoms with van der Waals surface area (Å²) in [6.45, 7) is 0. The van der Waals surface area contributed by atoms with Gasteiger partial charge in [-0.2, -0.15) is 5.10 Å². The lowest BCUT2D eigenvalue weighted by Crippen LogP contribution is -2.13. The van der Waals surface area contributed by atoms with Crippen LogP contribution in [0.4, 0.5) is 11.4 Å². The molecule has 160 valence electrons. The van der Waals surface area contributed by atoms with Crippen LogP contribution in [0.15, 0.2) is 81.0 Å². The number of sulfonamides is 1. The Bertz CT molecular complexity index is 1310. The standard InChI is InChI=1S/C18H13N5O4S2.CH4O/c24-17-14-7-2-1-6-13(14)15(9-16(17)28-18-19-10-20-21-18)23-29(26,27)12-5-3-4-11(8-12)22-25;1-2/h1-10,23-24H,(H,19,20,21);2H,1H3. The summed E-state index contributed by atoms with van der Waals surface area (Å²) in [5, 5.41) is 28.3. The summed E-state index contributed by atoms with van der Waals surface area (Å²) >= 11 is 1.11. The number of anilines is 1. The fraction of sp³-hybridized carbons (Fsp3) is 0.0526. The number of hydrogen-bond acceptors (Lipinski definition) is 9. The first-order valence-electron chi connectivity index (χ1n) is 8.67. The highest BCUT2D eigenvalue weighted by Crippen LogP contribution is 2.42. The monoisotopic (exact) mass is 459 g/mol. The van der Waals surface area contributed by atoms with E-state index < -0.39 is 10.0 Å². The molecule has 0 saturated carbocycles. The van der Waals surface area contributed by atoms with E-state index in [1.807, 2.05) is 0 Å². The first-order valence-corrected chi connectivity index (χ1v) is 11.0. The normalized spacial score (nSPS) is 10.9. The Morgan fingerprint density at radius 2 is 1.81 bits per heavy atom. The number of nitrogens with one attached hydrogen (secondary N) is 2. The molecule has 10 nitrogen and oxygen atoms in total. The lowest BCUT2D eigenvalue weighted by atomic mass is 10.1. The minimum Gasteiger partial charge on any atom is -0.506 e. The van der Waals surface area contributed by atoms with Crippen molar-refractivity contribution in [2.45, 2.75) is 14.9 Å². The van der Waals surface area contributed by atoms with Gasteiger partial charge in [-0.3, -0.25) is 9.82 Å². The Morgan fingerprint density at radius 3 is 2.48 bits per heavy atom. The Labute approximate surface area is 181 Å². The summed E-state index contributed by atoms with van der Waals surface area (Å²) in [6.07, 6.45) is 1.33. The number of aliphatic hydroxyl groups excluding tert-OH is 1. The van der Waals surface area contributed by atoms with E-state index in [0.717, 1.165) is 18.9 Å². The van der Waals surface area contributed by atoms with Gasteiger partial charge < -0.3 is 10.2 Å². The Hall–Kier alpha value is -3.48. The third kappa shape index (κ3) is 4.82. The zero-order chi connectivity index (χ0) is 22.4. The van der Waals surface area contributed by atoms with Gasteiger partial charge in [0, 0.05) is 17.9 Å². The largest absolute Gasteiger partial charge is 0.506 e. The van der Waals surface area contributed by atoms with Gasteiger partial charge in [-0.1, -0.05) is 30.3 Å². The van der Waals surface area contributed by atoms with E-state index in [-0.39, 0.29) is 22.0 Å². The van der Waals surface area contributed by atoms with Gasteiger partial charge in [-0.05, 0) is 41.2 Å². The molecule has 0 spiro atoms. The van der Waals surface area contributed by atoms with Crippen LogP contribution in [0, 0.1) is 4.91 Å². The van der Waals surface area contributed by atoms with Crippen molar-refractivity contribution in [3.05, 3.63) is 65.8 Å². The molecule has 0 saturated heterocycles. The molecule has 0 aliphatic carbocycles. The number of nitroso groups, excluding NO2 is 1. The third-order valence-corrected chi connectivity index (χ3v) is 6.34. The molecule has 0 amide bonds. The van der Waals surface area contributed by atoms with Crippen LogP contribution in [-0.4, -0.2) is 40.9 Å². The third-order valence-electron chi connectivity index (χ3n) is 4.06. The van der Waals surface area contributed by atoms with Gasteiger partial charge in [0.2, 0.25) is 0 Å². The van der Waals surface area contributed by atoms with Crippen LogP contribution in [0.25, 0.3) is 10.8 Å². The van der Waals surface area contributed by atoms with E-state index in [1.165, 1.54) is 36.7 Å². The van der Waals surface area contributed by atoms with E-state index in [2.05, 4.69) is 25.1 Å². The maximum absolute atomic E-state index is 12.9. The van der Waals surface area contributed by atoms with Gasteiger partial charge in [0.25, 0.3) is 10.0 Å². The second-order valence-corrected chi connectivity index (χ2v) is 8.62. The highest BCUT2D eigenvalue weighted by Gasteiger charge is 2.19. The summed E-state index contributed by atoms with van der Waals surface area (Å²) in [6, 6.07) is 13.8. The predicted molar refractivity (Wildman–Crippen MR) is 117 cm³/mol. The molecule has 1 aromatic heterocycles. The molecule has 4 rings (SSSR count). The number of rotatable bonds is 6. The van der Waals surface area contributed by atoms with Gasteiger partial charge in [0.15, 0.2) is 5.16 Å². The molecular weight excluding hydrogens is 442 g/mol. The fourth-order valence-electron chi connectivity index (χ4n) is 2.76. The first kappa shape index (κ1) is 22.2. The lowest BCUT2D eigenvalue weighted by Gasteiger charge is -2.14. The van der Waals surface area contributed by atoms with Crippen molar-refractivity contribution in [2.75, 3.05) is 11.8 Å². The van der Waals surface area contributed by atoms with Gasteiger partial charge in [0.05, 0.1) is 15.5 Å². The molecule has 0 bridgehead atoms. The van der Waals surface area contributed by atoms with Gasteiger partial charge in [-0.25, -0.2) is 13.4 Å². The van der Waals surface area contributed by atoms with Crippen molar-refractivity contribution in [3.63, 3.8) is 0 Å². The number of aromatic nitrogens is 3. The van der Waals surface area contributed by atoms with Crippen LogP contribution in [0.1, 0.15) is 0 Å². The predicted octanol–water partition coefficient (Wildman–Crippen LogP) is 3.62. The summed E-state index contributed by atoms with van der Waals surface area (Å²) in [5.74, 6) is -0.00268. The molecule has 3 aromatic carbocycles. The molecule has 0 atom stereocenters. The second-order valence-electron chi connectivity index (χ2n) is 5.90. The van der Waals surface area contributed by atoms with Crippen LogP contribution in [0.5, 0.6) is 5.75 Å². The number of benzene rings is 3. The maximum atomic E-state index is 12.9. The van der Waals surface area contributed by atoms with Crippen LogP contribution in [-0.2, 0) is 10.0 Å².